The lowest BCUT2D eigenvalue weighted by Crippen LogP contribution is -2.36. The zero-order valence-corrected chi connectivity index (χ0v) is 14.7. The molecule has 0 aliphatic heterocycles. The van der Waals surface area contributed by atoms with Crippen LogP contribution in [0.4, 0.5) is 0 Å². The molecule has 1 unspecified atom stereocenters. The van der Waals surface area contributed by atoms with E-state index >= 15 is 0 Å². The third kappa shape index (κ3) is 6.74. The first kappa shape index (κ1) is 19.2. The summed E-state index contributed by atoms with van der Waals surface area (Å²) in [5.74, 6) is -1.10. The molecule has 2 N–H and O–H groups in total. The molecular weight excluding hydrogens is 322 g/mol. The first-order valence-corrected chi connectivity index (χ1v) is 8.91. The van der Waals surface area contributed by atoms with Crippen LogP contribution >= 0.6 is 0 Å². The largest absolute Gasteiger partial charge is 0.494 e. The first-order chi connectivity index (χ1) is 12.1. The summed E-state index contributed by atoms with van der Waals surface area (Å²) in [6, 6.07) is 7.36. The predicted molar refractivity (Wildman–Crippen MR) is 93.7 cm³/mol. The van der Waals surface area contributed by atoms with E-state index in [1.807, 2.05) is 31.2 Å². The van der Waals surface area contributed by atoms with E-state index in [1.54, 1.807) is 0 Å². The monoisotopic (exact) mass is 349 g/mol. The Labute approximate surface area is 148 Å². The maximum absolute atomic E-state index is 11.9. The van der Waals surface area contributed by atoms with Crippen LogP contribution in [0.2, 0.25) is 0 Å². The van der Waals surface area contributed by atoms with Gasteiger partial charge in [0.15, 0.2) is 0 Å². The van der Waals surface area contributed by atoms with Crippen molar-refractivity contribution in [3.63, 3.8) is 0 Å². The minimum absolute atomic E-state index is 0.0000588. The van der Waals surface area contributed by atoms with Gasteiger partial charge >= 0.3 is 5.97 Å². The van der Waals surface area contributed by atoms with Gasteiger partial charge in [0.1, 0.15) is 12.4 Å². The zero-order chi connectivity index (χ0) is 18.1. The van der Waals surface area contributed by atoms with Crippen molar-refractivity contribution in [1.82, 2.24) is 5.32 Å². The summed E-state index contributed by atoms with van der Waals surface area (Å²) < 4.78 is 10.9. The lowest BCUT2D eigenvalue weighted by atomic mass is 9.99. The fourth-order valence-corrected chi connectivity index (χ4v) is 2.96. The lowest BCUT2D eigenvalue weighted by Gasteiger charge is -2.15. The number of ether oxygens (including phenoxy) is 2. The predicted octanol–water partition coefficient (Wildman–Crippen LogP) is 2.40. The normalized spacial score (nSPS) is 15.7. The molecule has 0 radical (unpaired) electrons. The Balaban J connectivity index is 1.77. The number of hydrogen-bond acceptors (Lipinski definition) is 4. The van der Waals surface area contributed by atoms with Crippen molar-refractivity contribution in [1.29, 1.82) is 0 Å². The maximum atomic E-state index is 11.9. The highest BCUT2D eigenvalue weighted by Crippen LogP contribution is 2.20. The van der Waals surface area contributed by atoms with Crippen molar-refractivity contribution < 1.29 is 24.2 Å². The molecule has 1 amide bonds. The second kappa shape index (κ2) is 10.0. The van der Waals surface area contributed by atoms with Gasteiger partial charge < -0.3 is 19.9 Å². The van der Waals surface area contributed by atoms with Crippen LogP contribution in [0.3, 0.4) is 0 Å². The molecule has 1 atom stereocenters. The van der Waals surface area contributed by atoms with E-state index in [4.69, 9.17) is 9.47 Å². The molecule has 1 aliphatic carbocycles. The third-order valence-electron chi connectivity index (χ3n) is 4.36. The van der Waals surface area contributed by atoms with Crippen molar-refractivity contribution in [2.45, 2.75) is 45.1 Å². The van der Waals surface area contributed by atoms with Crippen molar-refractivity contribution in [3.8, 4) is 5.75 Å². The van der Waals surface area contributed by atoms with E-state index in [9.17, 15) is 14.7 Å². The smallest absolute Gasteiger partial charge is 0.308 e. The SMILES string of the molecule is CCOc1ccc(CC(CNC(=O)COC2CCCC2)C(=O)O)cc1. The number of nitrogens with one attached hydrogen (secondary N) is 1. The fraction of sp³-hybridized carbons (Fsp3) is 0.579. The summed E-state index contributed by atoms with van der Waals surface area (Å²) in [4.78, 5) is 23.3. The Morgan fingerprint density at radius 3 is 2.52 bits per heavy atom. The van der Waals surface area contributed by atoms with E-state index < -0.39 is 11.9 Å². The first-order valence-electron chi connectivity index (χ1n) is 8.91. The number of aliphatic carboxylic acids is 1. The molecule has 6 heteroatoms. The van der Waals surface area contributed by atoms with Crippen molar-refractivity contribution in [2.75, 3.05) is 19.8 Å². The lowest BCUT2D eigenvalue weighted by molar-refractivity contribution is -0.141. The van der Waals surface area contributed by atoms with Crippen LogP contribution in [0.15, 0.2) is 24.3 Å². The summed E-state index contributed by atoms with van der Waals surface area (Å²) in [5, 5.41) is 12.1. The van der Waals surface area contributed by atoms with Gasteiger partial charge in [0, 0.05) is 6.54 Å². The van der Waals surface area contributed by atoms with Crippen molar-refractivity contribution in [3.05, 3.63) is 29.8 Å². The van der Waals surface area contributed by atoms with Gasteiger partial charge in [-0.1, -0.05) is 25.0 Å². The molecule has 25 heavy (non-hydrogen) atoms. The number of carbonyl (C=O) groups is 2. The molecule has 1 aromatic rings. The summed E-state index contributed by atoms with van der Waals surface area (Å²) in [6.07, 6.45) is 4.83. The summed E-state index contributed by atoms with van der Waals surface area (Å²) in [7, 11) is 0. The van der Waals surface area contributed by atoms with Crippen LogP contribution < -0.4 is 10.1 Å². The highest BCUT2D eigenvalue weighted by atomic mass is 16.5. The minimum atomic E-state index is -0.925. The Morgan fingerprint density at radius 2 is 1.92 bits per heavy atom. The Bertz CT molecular complexity index is 551. The van der Waals surface area contributed by atoms with Gasteiger partial charge in [0.05, 0.1) is 18.6 Å². The van der Waals surface area contributed by atoms with Crippen LogP contribution in [-0.4, -0.2) is 42.8 Å². The molecule has 0 aromatic heterocycles. The molecule has 138 valence electrons. The second-order valence-corrected chi connectivity index (χ2v) is 6.34. The van der Waals surface area contributed by atoms with Crippen LogP contribution in [0, 0.1) is 5.92 Å². The van der Waals surface area contributed by atoms with E-state index in [2.05, 4.69) is 5.32 Å². The Hall–Kier alpha value is -2.08. The Morgan fingerprint density at radius 1 is 1.24 bits per heavy atom. The molecule has 1 saturated carbocycles. The molecule has 0 spiro atoms. The van der Waals surface area contributed by atoms with Crippen LogP contribution in [-0.2, 0) is 20.7 Å². The average Bonchev–Trinajstić information content (AvgIpc) is 3.11. The number of carbonyl (C=O) groups excluding carboxylic acids is 1. The van der Waals surface area contributed by atoms with E-state index in [0.717, 1.165) is 37.0 Å². The van der Waals surface area contributed by atoms with Crippen LogP contribution in [0.5, 0.6) is 5.75 Å². The molecule has 0 heterocycles. The highest BCUT2D eigenvalue weighted by Gasteiger charge is 2.20. The standard InChI is InChI=1S/C19H27NO5/c1-2-24-17-9-7-14(8-10-17)11-15(19(22)23)12-20-18(21)13-25-16-5-3-4-6-16/h7-10,15-16H,2-6,11-13H2,1H3,(H,20,21)(H,22,23). The summed E-state index contributed by atoms with van der Waals surface area (Å²) >= 11 is 0. The van der Waals surface area contributed by atoms with Gasteiger partial charge in [-0.05, 0) is 43.9 Å². The molecule has 1 fully saturated rings. The fourth-order valence-electron chi connectivity index (χ4n) is 2.96. The van der Waals surface area contributed by atoms with Gasteiger partial charge in [-0.25, -0.2) is 0 Å². The van der Waals surface area contributed by atoms with E-state index in [1.165, 1.54) is 0 Å². The third-order valence-corrected chi connectivity index (χ3v) is 4.36. The second-order valence-electron chi connectivity index (χ2n) is 6.34. The molecule has 0 saturated heterocycles. The molecule has 1 aromatic carbocycles. The zero-order valence-electron chi connectivity index (χ0n) is 14.7. The molecule has 2 rings (SSSR count). The summed E-state index contributed by atoms with van der Waals surface area (Å²) in [5.41, 5.74) is 0.896. The molecule has 0 bridgehead atoms. The number of carboxylic acids is 1. The maximum Gasteiger partial charge on any atom is 0.308 e. The number of amides is 1. The van der Waals surface area contributed by atoms with Gasteiger partial charge in [0.25, 0.3) is 0 Å². The molecule has 6 nitrogen and oxygen atoms in total. The Kier molecular flexibility index (Phi) is 7.73. The van der Waals surface area contributed by atoms with E-state index in [-0.39, 0.29) is 25.2 Å². The average molecular weight is 349 g/mol. The molecular formula is C19H27NO5. The number of hydrogen-bond donors (Lipinski definition) is 2. The number of benzene rings is 1. The minimum Gasteiger partial charge on any atom is -0.494 e. The van der Waals surface area contributed by atoms with E-state index in [0.29, 0.717) is 13.0 Å². The van der Waals surface area contributed by atoms with Crippen molar-refractivity contribution >= 4 is 11.9 Å². The highest BCUT2D eigenvalue weighted by molar-refractivity contribution is 5.78. The van der Waals surface area contributed by atoms with Gasteiger partial charge in [-0.15, -0.1) is 0 Å². The summed E-state index contributed by atoms with van der Waals surface area (Å²) in [6.45, 7) is 2.59. The van der Waals surface area contributed by atoms with Crippen LogP contribution in [0.25, 0.3) is 0 Å². The number of carboxylic acid groups (broad SMARTS) is 1. The molecule has 1 aliphatic rings. The number of rotatable bonds is 10. The quantitative estimate of drug-likeness (QED) is 0.677. The van der Waals surface area contributed by atoms with Crippen molar-refractivity contribution in [2.24, 2.45) is 5.92 Å². The van der Waals surface area contributed by atoms with Gasteiger partial charge in [-0.2, -0.15) is 0 Å². The van der Waals surface area contributed by atoms with Gasteiger partial charge in [-0.3, -0.25) is 9.59 Å². The van der Waals surface area contributed by atoms with Gasteiger partial charge in [0.2, 0.25) is 5.91 Å². The topological polar surface area (TPSA) is 84.9 Å². The van der Waals surface area contributed by atoms with Crippen LogP contribution in [0.1, 0.15) is 38.2 Å².